The maximum atomic E-state index is 5.91. The van der Waals surface area contributed by atoms with Gasteiger partial charge in [-0.25, -0.2) is 0 Å². The Morgan fingerprint density at radius 1 is 0.429 bits per heavy atom. The van der Waals surface area contributed by atoms with Crippen LogP contribution in [0.5, 0.6) is 0 Å². The molecule has 0 rings (SSSR count). The molecule has 0 amide bonds. The first-order valence-electron chi connectivity index (χ1n) is 13.4. The molecule has 1 unspecified atom stereocenters. The monoisotopic (exact) mass is 396 g/mol. The normalized spacial score (nSPS) is 12.5. The molecule has 0 N–H and O–H groups in total. The van der Waals surface area contributed by atoms with E-state index in [1.807, 2.05) is 0 Å². The Bertz CT molecular complexity index is 263. The molecular weight excluding hydrogens is 340 g/mol. The predicted octanol–water partition coefficient (Wildman–Crippen LogP) is 9.87. The summed E-state index contributed by atoms with van der Waals surface area (Å²) in [6, 6.07) is 0. The first-order valence-corrected chi connectivity index (χ1v) is 13.4. The van der Waals surface area contributed by atoms with Crippen molar-refractivity contribution in [3.8, 4) is 0 Å². The van der Waals surface area contributed by atoms with Crippen molar-refractivity contribution in [2.24, 2.45) is 5.92 Å². The summed E-state index contributed by atoms with van der Waals surface area (Å²) >= 11 is 0. The van der Waals surface area contributed by atoms with E-state index in [-0.39, 0.29) is 0 Å². The highest BCUT2D eigenvalue weighted by Crippen LogP contribution is 2.20. The minimum atomic E-state index is 0.820. The molecule has 0 spiro atoms. The first-order chi connectivity index (χ1) is 13.8. The minimum absolute atomic E-state index is 0.820. The Kier molecular flexibility index (Phi) is 25.0. The van der Waals surface area contributed by atoms with Crippen molar-refractivity contribution in [3.05, 3.63) is 0 Å². The summed E-state index contributed by atoms with van der Waals surface area (Å²) in [4.78, 5) is 0. The van der Waals surface area contributed by atoms with Crippen molar-refractivity contribution in [2.45, 2.75) is 156 Å². The zero-order valence-electron chi connectivity index (χ0n) is 20.2. The van der Waals surface area contributed by atoms with Gasteiger partial charge in [-0.05, 0) is 25.2 Å². The van der Waals surface area contributed by atoms with Gasteiger partial charge in [-0.15, -0.1) is 0 Å². The maximum absolute atomic E-state index is 5.91. The molecule has 28 heavy (non-hydrogen) atoms. The van der Waals surface area contributed by atoms with E-state index in [0.29, 0.717) is 0 Å². The summed E-state index contributed by atoms with van der Waals surface area (Å²) in [5.74, 6) is 0.820. The molecule has 1 atom stereocenters. The van der Waals surface area contributed by atoms with Crippen LogP contribution in [0.4, 0.5) is 0 Å². The Balaban J connectivity index is 3.61. The van der Waals surface area contributed by atoms with Crippen molar-refractivity contribution in [1.29, 1.82) is 0 Å². The second-order valence-electron chi connectivity index (χ2n) is 9.18. The molecule has 1 nitrogen and oxygen atoms in total. The molecule has 0 radical (unpaired) electrons. The summed E-state index contributed by atoms with van der Waals surface area (Å²) in [7, 11) is 0. The molecule has 0 fully saturated rings. The Morgan fingerprint density at radius 2 is 0.786 bits per heavy atom. The molecule has 1 heteroatoms. The minimum Gasteiger partial charge on any atom is -0.381 e. The van der Waals surface area contributed by atoms with Crippen LogP contribution in [-0.4, -0.2) is 13.2 Å². The molecule has 0 saturated heterocycles. The Morgan fingerprint density at radius 3 is 1.14 bits per heavy atom. The highest BCUT2D eigenvalue weighted by molar-refractivity contribution is 4.61. The van der Waals surface area contributed by atoms with Crippen LogP contribution < -0.4 is 0 Å². The smallest absolute Gasteiger partial charge is 0.0494 e. The first kappa shape index (κ1) is 28.0. The van der Waals surface area contributed by atoms with Gasteiger partial charge in [0.2, 0.25) is 0 Å². The molecule has 0 saturated carbocycles. The van der Waals surface area contributed by atoms with E-state index in [1.54, 1.807) is 0 Å². The highest BCUT2D eigenvalue weighted by atomic mass is 16.5. The second-order valence-corrected chi connectivity index (χ2v) is 9.18. The third kappa shape index (κ3) is 22.3. The summed E-state index contributed by atoms with van der Waals surface area (Å²) < 4.78 is 5.91. The Labute approximate surface area is 179 Å². The molecule has 0 aromatic heterocycles. The fourth-order valence-electron chi connectivity index (χ4n) is 4.19. The molecule has 0 aromatic carbocycles. The number of hydrogen-bond acceptors (Lipinski definition) is 1. The molecule has 0 bridgehead atoms. The average Bonchev–Trinajstić information content (AvgIpc) is 2.71. The molecule has 0 heterocycles. The molecule has 0 aliphatic rings. The van der Waals surface area contributed by atoms with Gasteiger partial charge in [0.15, 0.2) is 0 Å². The second kappa shape index (κ2) is 25.0. The summed E-state index contributed by atoms with van der Waals surface area (Å²) in [5, 5.41) is 0. The third-order valence-corrected chi connectivity index (χ3v) is 6.13. The van der Waals surface area contributed by atoms with Crippen molar-refractivity contribution in [2.75, 3.05) is 13.2 Å². The van der Waals surface area contributed by atoms with Crippen molar-refractivity contribution >= 4 is 0 Å². The van der Waals surface area contributed by atoms with Gasteiger partial charge in [-0.2, -0.15) is 0 Å². The highest BCUT2D eigenvalue weighted by Gasteiger charge is 2.09. The topological polar surface area (TPSA) is 9.23 Å². The standard InChI is InChI=1S/C27H56O/c1-4-7-9-11-13-15-16-18-20-22-24-27(26-28-25-6-3)23-21-19-17-14-12-10-8-5-2/h27H,4-26H2,1-3H3. The molecule has 0 aliphatic carbocycles. The quantitative estimate of drug-likeness (QED) is 0.147. The fraction of sp³-hybridized carbons (Fsp3) is 1.00. The van der Waals surface area contributed by atoms with E-state index in [1.165, 1.54) is 128 Å². The molecule has 0 aliphatic heterocycles. The van der Waals surface area contributed by atoms with Crippen molar-refractivity contribution in [1.82, 2.24) is 0 Å². The maximum Gasteiger partial charge on any atom is 0.0494 e. The van der Waals surface area contributed by atoms with Gasteiger partial charge in [-0.3, -0.25) is 0 Å². The van der Waals surface area contributed by atoms with E-state index < -0.39 is 0 Å². The molecule has 170 valence electrons. The SMILES string of the molecule is CCCCCCCCCCCCC(CCCCCCCCCC)COCCC. The zero-order valence-corrected chi connectivity index (χ0v) is 20.2. The lowest BCUT2D eigenvalue weighted by Crippen LogP contribution is -2.10. The zero-order chi connectivity index (χ0) is 20.5. The fourth-order valence-corrected chi connectivity index (χ4v) is 4.19. The van der Waals surface area contributed by atoms with Crippen LogP contribution in [0.25, 0.3) is 0 Å². The molecular formula is C27H56O. The van der Waals surface area contributed by atoms with E-state index in [4.69, 9.17) is 4.74 Å². The van der Waals surface area contributed by atoms with Gasteiger partial charge in [0, 0.05) is 13.2 Å². The van der Waals surface area contributed by atoms with Crippen LogP contribution in [-0.2, 0) is 4.74 Å². The van der Waals surface area contributed by atoms with Crippen LogP contribution >= 0.6 is 0 Å². The third-order valence-electron chi connectivity index (χ3n) is 6.13. The van der Waals surface area contributed by atoms with Gasteiger partial charge < -0.3 is 4.74 Å². The van der Waals surface area contributed by atoms with E-state index >= 15 is 0 Å². The van der Waals surface area contributed by atoms with Crippen LogP contribution in [0.3, 0.4) is 0 Å². The van der Waals surface area contributed by atoms with Gasteiger partial charge in [0.05, 0.1) is 0 Å². The lowest BCUT2D eigenvalue weighted by atomic mass is 9.94. The van der Waals surface area contributed by atoms with Gasteiger partial charge in [0.1, 0.15) is 0 Å². The predicted molar refractivity (Wildman–Crippen MR) is 128 cm³/mol. The molecule has 0 aromatic rings. The largest absolute Gasteiger partial charge is 0.381 e. The van der Waals surface area contributed by atoms with Gasteiger partial charge in [0.25, 0.3) is 0 Å². The van der Waals surface area contributed by atoms with E-state index in [2.05, 4.69) is 20.8 Å². The van der Waals surface area contributed by atoms with E-state index in [0.717, 1.165) is 25.6 Å². The summed E-state index contributed by atoms with van der Waals surface area (Å²) in [6.07, 6.45) is 29.8. The number of rotatable bonds is 24. The Hall–Kier alpha value is -0.0400. The van der Waals surface area contributed by atoms with Crippen molar-refractivity contribution in [3.63, 3.8) is 0 Å². The summed E-state index contributed by atoms with van der Waals surface area (Å²) in [5.41, 5.74) is 0. The van der Waals surface area contributed by atoms with Crippen LogP contribution in [0.15, 0.2) is 0 Å². The van der Waals surface area contributed by atoms with Crippen LogP contribution in [0.2, 0.25) is 0 Å². The lowest BCUT2D eigenvalue weighted by Gasteiger charge is -2.17. The van der Waals surface area contributed by atoms with Gasteiger partial charge >= 0.3 is 0 Å². The number of unbranched alkanes of at least 4 members (excludes halogenated alkanes) is 16. The lowest BCUT2D eigenvalue weighted by molar-refractivity contribution is 0.0914. The van der Waals surface area contributed by atoms with Crippen LogP contribution in [0, 0.1) is 5.92 Å². The van der Waals surface area contributed by atoms with Gasteiger partial charge in [-0.1, -0.05) is 136 Å². The number of ether oxygens (including phenoxy) is 1. The summed E-state index contributed by atoms with van der Waals surface area (Å²) in [6.45, 7) is 8.79. The average molecular weight is 397 g/mol. The van der Waals surface area contributed by atoms with Crippen LogP contribution in [0.1, 0.15) is 156 Å². The number of hydrogen-bond donors (Lipinski definition) is 0. The van der Waals surface area contributed by atoms with E-state index in [9.17, 15) is 0 Å². The van der Waals surface area contributed by atoms with Crippen molar-refractivity contribution < 1.29 is 4.74 Å².